The molecule has 1 fully saturated rings. The summed E-state index contributed by atoms with van der Waals surface area (Å²) in [5.41, 5.74) is -0.674. The summed E-state index contributed by atoms with van der Waals surface area (Å²) < 4.78 is 0. The molecule has 8 heteroatoms. The lowest BCUT2D eigenvalue weighted by molar-refractivity contribution is -0.383. The predicted molar refractivity (Wildman–Crippen MR) is 79.4 cm³/mol. The van der Waals surface area contributed by atoms with Gasteiger partial charge in [-0.05, 0) is 19.3 Å². The van der Waals surface area contributed by atoms with Gasteiger partial charge in [0.05, 0.1) is 17.1 Å². The SMILES string of the molecule is CCCNc1ncnc(NC2(CO)CCCC2)c1[N+](=O)[O-]. The second kappa shape index (κ2) is 6.66. The average Bonchev–Trinajstić information content (AvgIpc) is 2.94. The number of rotatable bonds is 7. The average molecular weight is 295 g/mol. The zero-order chi connectivity index (χ0) is 15.3. The van der Waals surface area contributed by atoms with Crippen molar-refractivity contribution in [1.29, 1.82) is 0 Å². The summed E-state index contributed by atoms with van der Waals surface area (Å²) in [4.78, 5) is 18.8. The third-order valence-corrected chi connectivity index (χ3v) is 3.79. The molecule has 0 aromatic carbocycles. The van der Waals surface area contributed by atoms with Crippen LogP contribution in [0.25, 0.3) is 0 Å². The van der Waals surface area contributed by atoms with Crippen LogP contribution in [0.5, 0.6) is 0 Å². The van der Waals surface area contributed by atoms with Crippen LogP contribution >= 0.6 is 0 Å². The maximum atomic E-state index is 11.4. The summed E-state index contributed by atoms with van der Waals surface area (Å²) >= 11 is 0. The molecule has 0 atom stereocenters. The maximum absolute atomic E-state index is 11.4. The molecule has 1 heterocycles. The summed E-state index contributed by atoms with van der Waals surface area (Å²) in [6.07, 6.45) is 5.68. The van der Waals surface area contributed by atoms with Crippen LogP contribution < -0.4 is 10.6 Å². The highest BCUT2D eigenvalue weighted by molar-refractivity contribution is 5.69. The number of aliphatic hydroxyl groups is 1. The van der Waals surface area contributed by atoms with Crippen molar-refractivity contribution in [3.05, 3.63) is 16.4 Å². The lowest BCUT2D eigenvalue weighted by atomic mass is 9.99. The van der Waals surface area contributed by atoms with Gasteiger partial charge in [0.15, 0.2) is 0 Å². The van der Waals surface area contributed by atoms with Crippen molar-refractivity contribution in [2.45, 2.75) is 44.6 Å². The minimum Gasteiger partial charge on any atom is -0.394 e. The highest BCUT2D eigenvalue weighted by atomic mass is 16.6. The number of anilines is 2. The van der Waals surface area contributed by atoms with Crippen LogP contribution in [0.1, 0.15) is 39.0 Å². The lowest BCUT2D eigenvalue weighted by Gasteiger charge is -2.28. The topological polar surface area (TPSA) is 113 Å². The molecule has 0 bridgehead atoms. The van der Waals surface area contributed by atoms with Crippen LogP contribution in [0, 0.1) is 10.1 Å². The van der Waals surface area contributed by atoms with E-state index in [1.54, 1.807) is 0 Å². The van der Waals surface area contributed by atoms with Gasteiger partial charge in [0, 0.05) is 6.54 Å². The van der Waals surface area contributed by atoms with Gasteiger partial charge in [-0.1, -0.05) is 19.8 Å². The molecule has 0 amide bonds. The second-order valence-electron chi connectivity index (χ2n) is 5.37. The Morgan fingerprint density at radius 1 is 1.38 bits per heavy atom. The van der Waals surface area contributed by atoms with Crippen molar-refractivity contribution in [1.82, 2.24) is 9.97 Å². The molecule has 116 valence electrons. The Bertz CT molecular complexity index is 503. The number of hydrogen-bond donors (Lipinski definition) is 3. The monoisotopic (exact) mass is 295 g/mol. The van der Waals surface area contributed by atoms with Crippen LogP contribution in [0.2, 0.25) is 0 Å². The third-order valence-electron chi connectivity index (χ3n) is 3.79. The van der Waals surface area contributed by atoms with Crippen molar-refractivity contribution in [3.8, 4) is 0 Å². The molecular formula is C13H21N5O3. The van der Waals surface area contributed by atoms with Gasteiger partial charge in [-0.15, -0.1) is 0 Å². The van der Waals surface area contributed by atoms with Crippen molar-refractivity contribution < 1.29 is 10.0 Å². The van der Waals surface area contributed by atoms with E-state index in [-0.39, 0.29) is 23.9 Å². The van der Waals surface area contributed by atoms with Crippen LogP contribution in [-0.4, -0.2) is 38.7 Å². The molecule has 1 saturated carbocycles. The van der Waals surface area contributed by atoms with E-state index in [9.17, 15) is 15.2 Å². The highest BCUT2D eigenvalue weighted by Crippen LogP contribution is 2.36. The van der Waals surface area contributed by atoms with E-state index in [0.717, 1.165) is 32.1 Å². The summed E-state index contributed by atoms with van der Waals surface area (Å²) in [5.74, 6) is 0.384. The highest BCUT2D eigenvalue weighted by Gasteiger charge is 2.36. The second-order valence-corrected chi connectivity index (χ2v) is 5.37. The number of hydrogen-bond acceptors (Lipinski definition) is 7. The minimum absolute atomic E-state index is 0.0636. The van der Waals surface area contributed by atoms with E-state index in [1.807, 2.05) is 6.92 Å². The van der Waals surface area contributed by atoms with E-state index in [0.29, 0.717) is 6.54 Å². The van der Waals surface area contributed by atoms with Gasteiger partial charge >= 0.3 is 5.69 Å². The smallest absolute Gasteiger partial charge is 0.353 e. The Morgan fingerprint density at radius 3 is 2.62 bits per heavy atom. The molecular weight excluding hydrogens is 274 g/mol. The van der Waals surface area contributed by atoms with Crippen molar-refractivity contribution >= 4 is 17.3 Å². The van der Waals surface area contributed by atoms with Gasteiger partial charge in [0.1, 0.15) is 6.33 Å². The normalized spacial score (nSPS) is 16.7. The Labute approximate surface area is 123 Å². The first-order valence-electron chi connectivity index (χ1n) is 7.24. The molecule has 21 heavy (non-hydrogen) atoms. The molecule has 0 radical (unpaired) electrons. The first-order valence-corrected chi connectivity index (χ1v) is 7.24. The molecule has 0 aliphatic heterocycles. The fraction of sp³-hybridized carbons (Fsp3) is 0.692. The zero-order valence-electron chi connectivity index (χ0n) is 12.1. The maximum Gasteiger partial charge on any atom is 0.353 e. The van der Waals surface area contributed by atoms with Crippen LogP contribution in [0.4, 0.5) is 17.3 Å². The molecule has 1 aliphatic carbocycles. The van der Waals surface area contributed by atoms with E-state index >= 15 is 0 Å². The molecule has 1 aliphatic rings. The summed E-state index contributed by atoms with van der Waals surface area (Å²) in [6, 6.07) is 0. The van der Waals surface area contributed by atoms with E-state index in [4.69, 9.17) is 0 Å². The third kappa shape index (κ3) is 3.38. The fourth-order valence-corrected chi connectivity index (χ4v) is 2.64. The lowest BCUT2D eigenvalue weighted by Crippen LogP contribution is -2.39. The molecule has 0 unspecified atom stereocenters. The van der Waals surface area contributed by atoms with E-state index < -0.39 is 10.5 Å². The van der Waals surface area contributed by atoms with E-state index in [2.05, 4.69) is 20.6 Å². The van der Waals surface area contributed by atoms with Crippen molar-refractivity contribution in [2.75, 3.05) is 23.8 Å². The number of nitrogens with zero attached hydrogens (tertiary/aromatic N) is 3. The molecule has 1 aromatic rings. The Morgan fingerprint density at radius 2 is 2.05 bits per heavy atom. The van der Waals surface area contributed by atoms with E-state index in [1.165, 1.54) is 6.33 Å². The number of nitrogens with one attached hydrogen (secondary N) is 2. The fourth-order valence-electron chi connectivity index (χ4n) is 2.64. The van der Waals surface area contributed by atoms with Crippen molar-refractivity contribution in [3.63, 3.8) is 0 Å². The number of aromatic nitrogens is 2. The molecule has 0 spiro atoms. The van der Waals surface area contributed by atoms with Gasteiger partial charge < -0.3 is 15.7 Å². The van der Waals surface area contributed by atoms with Gasteiger partial charge in [0.2, 0.25) is 11.6 Å². The standard InChI is InChI=1S/C13H21N5O3/c1-2-7-14-11-10(18(20)21)12(16-9-15-11)17-13(8-19)5-3-4-6-13/h9,19H,2-8H2,1H3,(H2,14,15,16,17). The first-order chi connectivity index (χ1) is 10.1. The van der Waals surface area contributed by atoms with Gasteiger partial charge in [0.25, 0.3) is 0 Å². The Kier molecular flexibility index (Phi) is 4.89. The zero-order valence-corrected chi connectivity index (χ0v) is 12.1. The molecule has 3 N–H and O–H groups in total. The number of aliphatic hydroxyl groups excluding tert-OH is 1. The van der Waals surface area contributed by atoms with Gasteiger partial charge in [-0.2, -0.15) is 0 Å². The molecule has 2 rings (SSSR count). The molecule has 0 saturated heterocycles. The largest absolute Gasteiger partial charge is 0.394 e. The van der Waals surface area contributed by atoms with Crippen molar-refractivity contribution in [2.24, 2.45) is 0 Å². The van der Waals surface area contributed by atoms with Crippen LogP contribution in [0.15, 0.2) is 6.33 Å². The first kappa shape index (κ1) is 15.4. The predicted octanol–water partition coefficient (Wildman–Crippen LogP) is 1.92. The summed E-state index contributed by atoms with van der Waals surface area (Å²) in [7, 11) is 0. The molecule has 8 nitrogen and oxygen atoms in total. The number of nitro groups is 1. The van der Waals surface area contributed by atoms with Crippen LogP contribution in [0.3, 0.4) is 0 Å². The summed E-state index contributed by atoms with van der Waals surface area (Å²) in [6.45, 7) is 2.51. The van der Waals surface area contributed by atoms with Crippen LogP contribution in [-0.2, 0) is 0 Å². The Balaban J connectivity index is 2.31. The van der Waals surface area contributed by atoms with Gasteiger partial charge in [-0.25, -0.2) is 9.97 Å². The minimum atomic E-state index is -0.513. The summed E-state index contributed by atoms with van der Waals surface area (Å²) in [5, 5.41) is 27.0. The molecule has 1 aromatic heterocycles. The Hall–Kier alpha value is -1.96. The van der Waals surface area contributed by atoms with Gasteiger partial charge in [-0.3, -0.25) is 10.1 Å². The quantitative estimate of drug-likeness (QED) is 0.520.